The van der Waals surface area contributed by atoms with Gasteiger partial charge in [0.1, 0.15) is 11.5 Å². The number of benzene rings is 3. The van der Waals surface area contributed by atoms with Gasteiger partial charge in [0.25, 0.3) is 0 Å². The zero-order chi connectivity index (χ0) is 19.0. The third-order valence-corrected chi connectivity index (χ3v) is 4.78. The smallest absolute Gasteiger partial charge is 0.337 e. The van der Waals surface area contributed by atoms with Crippen LogP contribution in [0.1, 0.15) is 10.4 Å². The first-order chi connectivity index (χ1) is 13.1. The van der Waals surface area contributed by atoms with Gasteiger partial charge >= 0.3 is 5.97 Å². The SMILES string of the molecule is COC(=O)c1cc(-c2ccccc2)c2cn(-c3ccc(Br)cc3F)nc2c1. The normalized spacial score (nSPS) is 10.9. The minimum absolute atomic E-state index is 0.327. The molecule has 0 aliphatic heterocycles. The lowest BCUT2D eigenvalue weighted by atomic mass is 9.99. The van der Waals surface area contributed by atoms with Gasteiger partial charge < -0.3 is 4.74 Å². The number of hydrogen-bond acceptors (Lipinski definition) is 3. The number of nitrogens with zero attached hydrogens (tertiary/aromatic N) is 2. The summed E-state index contributed by atoms with van der Waals surface area (Å²) in [7, 11) is 1.34. The zero-order valence-corrected chi connectivity index (χ0v) is 15.9. The molecular weight excluding hydrogens is 411 g/mol. The average molecular weight is 425 g/mol. The second-order valence-electron chi connectivity index (χ2n) is 5.98. The van der Waals surface area contributed by atoms with Crippen molar-refractivity contribution >= 4 is 32.8 Å². The van der Waals surface area contributed by atoms with Crippen molar-refractivity contribution in [1.29, 1.82) is 0 Å². The Labute approximate surface area is 163 Å². The van der Waals surface area contributed by atoms with E-state index in [9.17, 15) is 9.18 Å². The van der Waals surface area contributed by atoms with Crippen molar-refractivity contribution in [2.24, 2.45) is 0 Å². The standard InChI is InChI=1S/C21H14BrFN2O2/c1-27-21(26)14-9-16(13-5-3-2-4-6-13)17-12-25(24-19(17)10-14)20-8-7-15(22)11-18(20)23/h2-12H,1H3. The van der Waals surface area contributed by atoms with Crippen LogP contribution in [0.25, 0.3) is 27.7 Å². The summed E-state index contributed by atoms with van der Waals surface area (Å²) in [6.45, 7) is 0. The van der Waals surface area contributed by atoms with Gasteiger partial charge in [0.15, 0.2) is 0 Å². The Kier molecular flexibility index (Phi) is 4.49. The van der Waals surface area contributed by atoms with Crippen LogP contribution >= 0.6 is 15.9 Å². The maximum absolute atomic E-state index is 14.4. The number of carbonyl (C=O) groups excluding carboxylic acids is 1. The maximum Gasteiger partial charge on any atom is 0.337 e. The van der Waals surface area contributed by atoms with E-state index in [4.69, 9.17) is 4.74 Å². The van der Waals surface area contributed by atoms with Crippen molar-refractivity contribution in [2.75, 3.05) is 7.11 Å². The van der Waals surface area contributed by atoms with Crippen LogP contribution in [0.3, 0.4) is 0 Å². The van der Waals surface area contributed by atoms with Crippen LogP contribution < -0.4 is 0 Å². The van der Waals surface area contributed by atoms with E-state index in [1.54, 1.807) is 30.5 Å². The van der Waals surface area contributed by atoms with Crippen molar-refractivity contribution in [1.82, 2.24) is 9.78 Å². The molecule has 134 valence electrons. The summed E-state index contributed by atoms with van der Waals surface area (Å²) in [5.41, 5.74) is 3.07. The number of fused-ring (bicyclic) bond motifs is 1. The number of rotatable bonds is 3. The number of hydrogen-bond donors (Lipinski definition) is 0. The predicted octanol–water partition coefficient (Wildman–Crippen LogP) is 5.38. The molecule has 4 aromatic rings. The highest BCUT2D eigenvalue weighted by atomic mass is 79.9. The Morgan fingerprint density at radius 3 is 2.59 bits per heavy atom. The fourth-order valence-corrected chi connectivity index (χ4v) is 3.34. The monoisotopic (exact) mass is 424 g/mol. The van der Waals surface area contributed by atoms with E-state index in [1.165, 1.54) is 17.9 Å². The van der Waals surface area contributed by atoms with E-state index in [-0.39, 0.29) is 0 Å². The summed E-state index contributed by atoms with van der Waals surface area (Å²) >= 11 is 3.26. The molecule has 1 aromatic heterocycles. The van der Waals surface area contributed by atoms with Crippen LogP contribution in [0.15, 0.2) is 71.3 Å². The lowest BCUT2D eigenvalue weighted by Gasteiger charge is -2.06. The van der Waals surface area contributed by atoms with Gasteiger partial charge in [-0.15, -0.1) is 0 Å². The highest BCUT2D eigenvalue weighted by molar-refractivity contribution is 9.10. The molecule has 0 radical (unpaired) electrons. The van der Waals surface area contributed by atoms with E-state index in [0.29, 0.717) is 21.2 Å². The van der Waals surface area contributed by atoms with Crippen LogP contribution in [0, 0.1) is 5.82 Å². The van der Waals surface area contributed by atoms with Crippen molar-refractivity contribution < 1.29 is 13.9 Å². The second-order valence-corrected chi connectivity index (χ2v) is 6.90. The van der Waals surface area contributed by atoms with Crippen LogP contribution in [0.2, 0.25) is 0 Å². The van der Waals surface area contributed by atoms with E-state index in [0.717, 1.165) is 16.5 Å². The number of methoxy groups -OCH3 is 1. The maximum atomic E-state index is 14.4. The number of halogens is 2. The molecule has 0 N–H and O–H groups in total. The van der Waals surface area contributed by atoms with Crippen LogP contribution in [0.4, 0.5) is 4.39 Å². The van der Waals surface area contributed by atoms with Gasteiger partial charge in [-0.2, -0.15) is 5.10 Å². The lowest BCUT2D eigenvalue weighted by molar-refractivity contribution is 0.0601. The lowest BCUT2D eigenvalue weighted by Crippen LogP contribution is -2.01. The van der Waals surface area contributed by atoms with E-state index in [2.05, 4.69) is 21.0 Å². The minimum Gasteiger partial charge on any atom is -0.465 e. The largest absolute Gasteiger partial charge is 0.465 e. The third kappa shape index (κ3) is 3.24. The number of ether oxygens (including phenoxy) is 1. The topological polar surface area (TPSA) is 44.1 Å². The Morgan fingerprint density at radius 1 is 1.11 bits per heavy atom. The Balaban J connectivity index is 1.97. The summed E-state index contributed by atoms with van der Waals surface area (Å²) < 4.78 is 21.4. The van der Waals surface area contributed by atoms with Crippen molar-refractivity contribution in [3.63, 3.8) is 0 Å². The number of carbonyl (C=O) groups is 1. The molecule has 0 aliphatic rings. The quantitative estimate of drug-likeness (QED) is 0.414. The molecule has 4 nitrogen and oxygen atoms in total. The summed E-state index contributed by atoms with van der Waals surface area (Å²) in [5, 5.41) is 5.31. The highest BCUT2D eigenvalue weighted by Gasteiger charge is 2.16. The van der Waals surface area contributed by atoms with Crippen molar-refractivity contribution in [3.8, 4) is 16.8 Å². The van der Waals surface area contributed by atoms with Gasteiger partial charge in [0.05, 0.1) is 18.2 Å². The van der Waals surface area contributed by atoms with Crippen molar-refractivity contribution in [2.45, 2.75) is 0 Å². The van der Waals surface area contributed by atoms with Gasteiger partial charge in [0, 0.05) is 16.1 Å². The molecule has 0 atom stereocenters. The van der Waals surface area contributed by atoms with Gasteiger partial charge in [-0.25, -0.2) is 13.9 Å². The molecule has 0 spiro atoms. The summed E-state index contributed by atoms with van der Waals surface area (Å²) in [6, 6.07) is 17.9. The van der Waals surface area contributed by atoms with E-state index in [1.807, 2.05) is 30.3 Å². The van der Waals surface area contributed by atoms with Gasteiger partial charge in [-0.3, -0.25) is 0 Å². The van der Waals surface area contributed by atoms with Crippen LogP contribution in [-0.4, -0.2) is 22.9 Å². The second kappa shape index (κ2) is 6.96. The highest BCUT2D eigenvalue weighted by Crippen LogP contribution is 2.31. The summed E-state index contributed by atoms with van der Waals surface area (Å²) in [4.78, 5) is 12.1. The Bertz CT molecular complexity index is 1160. The average Bonchev–Trinajstić information content (AvgIpc) is 3.11. The molecule has 1 heterocycles. The van der Waals surface area contributed by atoms with Gasteiger partial charge in [0.2, 0.25) is 0 Å². The molecule has 0 aliphatic carbocycles. The number of esters is 1. The fraction of sp³-hybridized carbons (Fsp3) is 0.0476. The van der Waals surface area contributed by atoms with E-state index >= 15 is 0 Å². The van der Waals surface area contributed by atoms with Crippen LogP contribution in [0.5, 0.6) is 0 Å². The molecular formula is C21H14BrFN2O2. The van der Waals surface area contributed by atoms with Gasteiger partial charge in [-0.05, 0) is 41.5 Å². The summed E-state index contributed by atoms with van der Waals surface area (Å²) in [6.07, 6.45) is 1.77. The molecule has 0 saturated carbocycles. The molecule has 0 fully saturated rings. The fourth-order valence-electron chi connectivity index (χ4n) is 3.01. The first-order valence-corrected chi connectivity index (χ1v) is 8.98. The van der Waals surface area contributed by atoms with Gasteiger partial charge in [-0.1, -0.05) is 46.3 Å². The molecule has 0 unspecified atom stereocenters. The van der Waals surface area contributed by atoms with E-state index < -0.39 is 11.8 Å². The molecule has 0 saturated heterocycles. The zero-order valence-electron chi connectivity index (χ0n) is 14.3. The summed E-state index contributed by atoms with van der Waals surface area (Å²) in [5.74, 6) is -0.843. The number of aromatic nitrogens is 2. The molecule has 27 heavy (non-hydrogen) atoms. The Hall–Kier alpha value is -2.99. The molecule has 3 aromatic carbocycles. The third-order valence-electron chi connectivity index (χ3n) is 4.29. The molecule has 4 rings (SSSR count). The minimum atomic E-state index is -0.446. The van der Waals surface area contributed by atoms with Crippen LogP contribution in [-0.2, 0) is 4.74 Å². The first kappa shape index (κ1) is 17.4. The molecule has 0 bridgehead atoms. The molecule has 6 heteroatoms. The predicted molar refractivity (Wildman–Crippen MR) is 106 cm³/mol. The molecule has 0 amide bonds. The Morgan fingerprint density at radius 2 is 1.89 bits per heavy atom. The first-order valence-electron chi connectivity index (χ1n) is 8.19. The van der Waals surface area contributed by atoms with Crippen molar-refractivity contribution in [3.05, 3.63) is 82.7 Å².